The topological polar surface area (TPSA) is 18.8 Å². The van der Waals surface area contributed by atoms with Crippen molar-refractivity contribution in [2.75, 3.05) is 11.9 Å². The number of benzene rings is 3. The van der Waals surface area contributed by atoms with Gasteiger partial charge in [0, 0.05) is 23.9 Å². The molecule has 176 valence electrons. The third kappa shape index (κ3) is 5.23. The number of terminal acetylenes is 1. The van der Waals surface area contributed by atoms with E-state index in [0.717, 1.165) is 33.8 Å². The fraction of sp³-hybridized carbons (Fsp3) is 0.219. The number of nitrogens with zero attached hydrogens (tertiary/aromatic N) is 3. The van der Waals surface area contributed by atoms with Gasteiger partial charge >= 0.3 is 0 Å². The van der Waals surface area contributed by atoms with Crippen molar-refractivity contribution in [3.63, 3.8) is 0 Å². The number of hydrogen-bond donors (Lipinski definition) is 0. The fourth-order valence-corrected chi connectivity index (χ4v) is 4.35. The zero-order valence-corrected chi connectivity index (χ0v) is 21.2. The monoisotopic (exact) mass is 459 g/mol. The van der Waals surface area contributed by atoms with E-state index in [1.165, 1.54) is 5.56 Å². The molecular weight excluding hydrogens is 426 g/mol. The molecule has 1 aliphatic heterocycles. The number of hydrogen-bond acceptors (Lipinski definition) is 3. The molecule has 1 aliphatic rings. The Morgan fingerprint density at radius 1 is 0.886 bits per heavy atom. The number of anilines is 1. The van der Waals surface area contributed by atoms with Crippen molar-refractivity contribution in [2.45, 2.75) is 39.3 Å². The second-order valence-corrected chi connectivity index (χ2v) is 9.91. The minimum Gasteiger partial charge on any atom is -0.298 e. The molecule has 0 radical (unpaired) electrons. The maximum atomic E-state index is 5.84. The standard InChI is InChI=1S/C32H33N3/c1-7-25(26-14-10-8-11-15-26)19-18-24(2)31-34(6)33-30(35(31)29-16-12-9-13-17-29)27-20-22-28(23-21-27)32(3,4)5/h1,8-23,31H,2-6H3/b24-18+,25-19+. The van der Waals surface area contributed by atoms with E-state index in [0.29, 0.717) is 0 Å². The van der Waals surface area contributed by atoms with Crippen LogP contribution in [0.2, 0.25) is 0 Å². The van der Waals surface area contributed by atoms with E-state index in [4.69, 9.17) is 11.5 Å². The molecule has 1 unspecified atom stereocenters. The van der Waals surface area contributed by atoms with Crippen LogP contribution in [0.3, 0.4) is 0 Å². The lowest BCUT2D eigenvalue weighted by Crippen LogP contribution is -2.42. The number of likely N-dealkylation sites (N-methyl/N-ethyl adjacent to an activating group) is 1. The first kappa shape index (κ1) is 24.1. The van der Waals surface area contributed by atoms with E-state index in [1.54, 1.807) is 0 Å². The van der Waals surface area contributed by atoms with Crippen LogP contribution in [0.25, 0.3) is 5.57 Å². The number of amidine groups is 1. The molecule has 0 spiro atoms. The third-order valence-electron chi connectivity index (χ3n) is 6.28. The van der Waals surface area contributed by atoms with E-state index in [-0.39, 0.29) is 11.6 Å². The van der Waals surface area contributed by atoms with Gasteiger partial charge in [0.1, 0.15) is 6.17 Å². The van der Waals surface area contributed by atoms with Gasteiger partial charge in [-0.15, -0.1) is 6.42 Å². The van der Waals surface area contributed by atoms with Crippen molar-refractivity contribution in [3.05, 3.63) is 119 Å². The Kier molecular flexibility index (Phi) is 6.94. The summed E-state index contributed by atoms with van der Waals surface area (Å²) in [5.41, 5.74) is 6.63. The van der Waals surface area contributed by atoms with Crippen molar-refractivity contribution >= 4 is 17.1 Å². The third-order valence-corrected chi connectivity index (χ3v) is 6.28. The van der Waals surface area contributed by atoms with Crippen molar-refractivity contribution in [3.8, 4) is 12.3 Å². The second kappa shape index (κ2) is 10.1. The largest absolute Gasteiger partial charge is 0.298 e. The molecule has 35 heavy (non-hydrogen) atoms. The van der Waals surface area contributed by atoms with Crippen LogP contribution >= 0.6 is 0 Å². The summed E-state index contributed by atoms with van der Waals surface area (Å²) in [6.45, 7) is 8.83. The molecule has 3 nitrogen and oxygen atoms in total. The Morgan fingerprint density at radius 3 is 2.06 bits per heavy atom. The minimum atomic E-state index is -0.0688. The highest BCUT2D eigenvalue weighted by Crippen LogP contribution is 2.32. The molecule has 4 rings (SSSR count). The summed E-state index contributed by atoms with van der Waals surface area (Å²) in [5.74, 6) is 3.76. The van der Waals surface area contributed by atoms with Gasteiger partial charge in [0.05, 0.1) is 0 Å². The summed E-state index contributed by atoms with van der Waals surface area (Å²) < 4.78 is 0. The minimum absolute atomic E-state index is 0.0688. The van der Waals surface area contributed by atoms with Crippen LogP contribution in [-0.4, -0.2) is 24.1 Å². The van der Waals surface area contributed by atoms with Gasteiger partial charge in [0.25, 0.3) is 0 Å². The maximum absolute atomic E-state index is 5.84. The van der Waals surface area contributed by atoms with Crippen LogP contribution in [0.15, 0.2) is 108 Å². The normalized spacial score (nSPS) is 16.8. The number of hydrazone groups is 1. The van der Waals surface area contributed by atoms with Gasteiger partial charge in [-0.1, -0.05) is 106 Å². The Morgan fingerprint density at radius 2 is 1.49 bits per heavy atom. The van der Waals surface area contributed by atoms with Crippen LogP contribution in [0.1, 0.15) is 44.4 Å². The zero-order valence-electron chi connectivity index (χ0n) is 21.2. The van der Waals surface area contributed by atoms with E-state index < -0.39 is 0 Å². The molecule has 0 fully saturated rings. The lowest BCUT2D eigenvalue weighted by atomic mass is 9.86. The van der Waals surface area contributed by atoms with Crippen LogP contribution in [-0.2, 0) is 5.41 Å². The molecule has 1 atom stereocenters. The van der Waals surface area contributed by atoms with Crippen molar-refractivity contribution in [2.24, 2.45) is 5.10 Å². The molecule has 0 aliphatic carbocycles. The number of para-hydroxylation sites is 1. The average molecular weight is 460 g/mol. The van der Waals surface area contributed by atoms with Crippen molar-refractivity contribution in [1.82, 2.24) is 5.01 Å². The highest BCUT2D eigenvalue weighted by atomic mass is 15.6. The van der Waals surface area contributed by atoms with Gasteiger partial charge in [-0.2, -0.15) is 5.10 Å². The number of rotatable bonds is 5. The van der Waals surface area contributed by atoms with Gasteiger partial charge in [-0.25, -0.2) is 0 Å². The van der Waals surface area contributed by atoms with Gasteiger partial charge in [-0.3, -0.25) is 9.91 Å². The lowest BCUT2D eigenvalue weighted by molar-refractivity contribution is 0.318. The summed E-state index contributed by atoms with van der Waals surface area (Å²) >= 11 is 0. The van der Waals surface area contributed by atoms with Crippen LogP contribution in [0, 0.1) is 12.3 Å². The molecular formula is C32H33N3. The Bertz CT molecular complexity index is 1280. The van der Waals surface area contributed by atoms with E-state index >= 15 is 0 Å². The van der Waals surface area contributed by atoms with E-state index in [9.17, 15) is 0 Å². The SMILES string of the molecule is C#C/C(=C\C=C(/C)C1N(C)N=C(c2ccc(C(C)(C)C)cc2)N1c1ccccc1)c1ccccc1. The summed E-state index contributed by atoms with van der Waals surface area (Å²) in [7, 11) is 2.03. The predicted molar refractivity (Wildman–Crippen MR) is 149 cm³/mol. The molecule has 3 heteroatoms. The molecule has 0 amide bonds. The maximum Gasteiger partial charge on any atom is 0.162 e. The van der Waals surface area contributed by atoms with Crippen molar-refractivity contribution in [1.29, 1.82) is 0 Å². The van der Waals surface area contributed by atoms with Gasteiger partial charge in [0.2, 0.25) is 0 Å². The number of allylic oxidation sites excluding steroid dienone is 3. The smallest absolute Gasteiger partial charge is 0.162 e. The summed E-state index contributed by atoms with van der Waals surface area (Å²) in [6.07, 6.45) is 9.91. The Hall–Kier alpha value is -4.03. The fourth-order valence-electron chi connectivity index (χ4n) is 4.35. The van der Waals surface area contributed by atoms with Gasteiger partial charge in [-0.05, 0) is 47.2 Å². The predicted octanol–water partition coefficient (Wildman–Crippen LogP) is 7.09. The van der Waals surface area contributed by atoms with Crippen LogP contribution < -0.4 is 4.90 Å². The molecule has 0 saturated carbocycles. The molecule has 0 bridgehead atoms. The molecule has 0 saturated heterocycles. The first-order chi connectivity index (χ1) is 16.8. The van der Waals surface area contributed by atoms with E-state index in [1.807, 2.05) is 54.5 Å². The second-order valence-electron chi connectivity index (χ2n) is 9.91. The lowest BCUT2D eigenvalue weighted by Gasteiger charge is -2.31. The first-order valence-electron chi connectivity index (χ1n) is 12.0. The van der Waals surface area contributed by atoms with Crippen LogP contribution in [0.4, 0.5) is 5.69 Å². The molecule has 0 N–H and O–H groups in total. The molecule has 0 aromatic heterocycles. The summed E-state index contributed by atoms with van der Waals surface area (Å²) in [5, 5.41) is 7.02. The first-order valence-corrected chi connectivity index (χ1v) is 12.0. The molecule has 1 heterocycles. The van der Waals surface area contributed by atoms with Gasteiger partial charge < -0.3 is 0 Å². The summed E-state index contributed by atoms with van der Waals surface area (Å²) in [4.78, 5) is 2.30. The summed E-state index contributed by atoms with van der Waals surface area (Å²) in [6, 6.07) is 29.3. The Balaban J connectivity index is 1.73. The Labute approximate surface area is 210 Å². The van der Waals surface area contributed by atoms with Crippen LogP contribution in [0.5, 0.6) is 0 Å². The van der Waals surface area contributed by atoms with Crippen molar-refractivity contribution < 1.29 is 0 Å². The van der Waals surface area contributed by atoms with E-state index in [2.05, 4.69) is 93.1 Å². The highest BCUT2D eigenvalue weighted by molar-refractivity contribution is 6.11. The quantitative estimate of drug-likeness (QED) is 0.300. The molecule has 3 aromatic carbocycles. The zero-order chi connectivity index (χ0) is 25.0. The average Bonchev–Trinajstić information content (AvgIpc) is 3.22. The van der Waals surface area contributed by atoms with Gasteiger partial charge in [0.15, 0.2) is 5.84 Å². The highest BCUT2D eigenvalue weighted by Gasteiger charge is 2.35. The molecule has 3 aromatic rings.